The zero-order chi connectivity index (χ0) is 39.4. The molecule has 0 saturated heterocycles. The smallest absolute Gasteiger partial charge is 0.438 e. The van der Waals surface area contributed by atoms with Crippen LogP contribution < -0.4 is 0 Å². The topological polar surface area (TPSA) is 162 Å². The summed E-state index contributed by atoms with van der Waals surface area (Å²) in [4.78, 5) is 49.4. The van der Waals surface area contributed by atoms with Gasteiger partial charge in [-0.25, -0.2) is 8.42 Å². The van der Waals surface area contributed by atoms with Gasteiger partial charge in [-0.1, -0.05) is 20.8 Å². The summed E-state index contributed by atoms with van der Waals surface area (Å²) < 4.78 is 137. The number of carbonyl (C=O) groups excluding carboxylic acids is 4. The van der Waals surface area contributed by atoms with Crippen LogP contribution in [-0.2, 0) is 48.2 Å². The predicted molar refractivity (Wildman–Crippen MR) is 167 cm³/mol. The number of hydrogen-bond donors (Lipinski definition) is 0. The Balaban J connectivity index is 1.63. The van der Waals surface area contributed by atoms with Crippen LogP contribution in [0, 0.1) is 46.3 Å². The molecule has 0 spiro atoms. The molecule has 4 aliphatic rings. The number of alkyl halides is 6. The molecular weight excluding hydrogens is 730 g/mol. The summed E-state index contributed by atoms with van der Waals surface area (Å²) in [6, 6.07) is 0. The van der Waals surface area contributed by atoms with Gasteiger partial charge in [0.1, 0.15) is 18.3 Å². The maximum atomic E-state index is 13.7. The lowest BCUT2D eigenvalue weighted by molar-refractivity contribution is -0.361. The molecule has 0 aliphatic heterocycles. The van der Waals surface area contributed by atoms with Gasteiger partial charge in [0.2, 0.25) is 0 Å². The van der Waals surface area contributed by atoms with Crippen molar-refractivity contribution in [1.82, 2.24) is 0 Å². The van der Waals surface area contributed by atoms with Crippen molar-refractivity contribution in [2.24, 2.45) is 46.3 Å². The van der Waals surface area contributed by atoms with Crippen LogP contribution in [0.15, 0.2) is 0 Å². The SMILES string of the molecule is CC(=O)OC1CCC2(C)C(C1)CC(OC(C)=O)C1C2CC(OC(C)=O)C2(C)C(C(C)CCC(=O)OC(CS(=O)(=O)[O-])(C(F)(F)F)C(F)(F)F)CCC12. The molecule has 0 aromatic carbocycles. The summed E-state index contributed by atoms with van der Waals surface area (Å²) in [6.45, 7) is 9.68. The fourth-order valence-corrected chi connectivity index (χ4v) is 11.5. The molecular formula is C34H47F6O11S-. The summed E-state index contributed by atoms with van der Waals surface area (Å²) in [5.41, 5.74) is -6.67. The predicted octanol–water partition coefficient (Wildman–Crippen LogP) is 6.03. The second-order valence-corrected chi connectivity index (χ2v) is 17.2. The van der Waals surface area contributed by atoms with Crippen molar-refractivity contribution in [3.05, 3.63) is 0 Å². The van der Waals surface area contributed by atoms with E-state index in [0.29, 0.717) is 44.9 Å². The lowest BCUT2D eigenvalue weighted by atomic mass is 9.43. The first-order valence-electron chi connectivity index (χ1n) is 17.5. The molecule has 0 heterocycles. The van der Waals surface area contributed by atoms with Crippen LogP contribution in [0.5, 0.6) is 0 Å². The van der Waals surface area contributed by atoms with Gasteiger partial charge < -0.3 is 23.5 Å². The minimum atomic E-state index is -6.47. The first-order chi connectivity index (χ1) is 23.7. The van der Waals surface area contributed by atoms with E-state index in [1.165, 1.54) is 20.8 Å². The van der Waals surface area contributed by atoms with Crippen LogP contribution in [0.3, 0.4) is 0 Å². The molecule has 0 amide bonds. The van der Waals surface area contributed by atoms with Crippen LogP contribution >= 0.6 is 0 Å². The highest BCUT2D eigenvalue weighted by molar-refractivity contribution is 7.85. The maximum absolute atomic E-state index is 13.7. The summed E-state index contributed by atoms with van der Waals surface area (Å²) in [5, 5.41) is 0. The highest BCUT2D eigenvalue weighted by Crippen LogP contribution is 2.69. The van der Waals surface area contributed by atoms with Crippen LogP contribution in [0.25, 0.3) is 0 Å². The van der Waals surface area contributed by atoms with Crippen molar-refractivity contribution in [1.29, 1.82) is 0 Å². The number of esters is 4. The molecule has 4 aliphatic carbocycles. The van der Waals surface area contributed by atoms with Gasteiger partial charge in [-0.2, -0.15) is 26.3 Å². The molecule has 0 radical (unpaired) electrons. The standard InChI is InChI=1S/C34H48F6O11S/c1-17(7-10-28(44)51-32(33(35,36)37,34(38,39)40)16-52(45,46)47)23-8-9-24-29-25(15-27(31(23,24)6)50-20(4)43)30(5)12-11-22(48-18(2)41)13-21(30)14-26(29)49-19(3)42/h17,21-27,29H,7-16H2,1-6H3,(H,45,46,47)/p-1. The average molecular weight is 778 g/mol. The van der Waals surface area contributed by atoms with E-state index in [-0.39, 0.29) is 47.5 Å². The Bertz CT molecular complexity index is 1480. The third-order valence-electron chi connectivity index (χ3n) is 12.8. The van der Waals surface area contributed by atoms with Gasteiger partial charge in [-0.3, -0.25) is 19.2 Å². The van der Waals surface area contributed by atoms with Gasteiger partial charge in [0.25, 0.3) is 0 Å². The summed E-state index contributed by atoms with van der Waals surface area (Å²) in [6.07, 6.45) is -11.9. The Kier molecular flexibility index (Phi) is 11.8. The molecule has 11 atom stereocenters. The van der Waals surface area contributed by atoms with Crippen LogP contribution in [0.2, 0.25) is 0 Å². The molecule has 52 heavy (non-hydrogen) atoms. The third-order valence-corrected chi connectivity index (χ3v) is 13.5. The molecule has 11 unspecified atom stereocenters. The Morgan fingerprint density at radius 1 is 0.827 bits per heavy atom. The molecule has 4 fully saturated rings. The molecule has 0 aromatic heterocycles. The van der Waals surface area contributed by atoms with Crippen LogP contribution in [-0.4, -0.2) is 78.9 Å². The van der Waals surface area contributed by atoms with E-state index in [1.807, 2.05) is 6.92 Å². The highest BCUT2D eigenvalue weighted by Gasteiger charge is 2.75. The van der Waals surface area contributed by atoms with E-state index >= 15 is 0 Å². The van der Waals surface area contributed by atoms with Crippen LogP contribution in [0.1, 0.15) is 99.3 Å². The molecule has 0 aromatic rings. The third kappa shape index (κ3) is 8.07. The molecule has 18 heteroatoms. The van der Waals surface area contributed by atoms with Crippen molar-refractivity contribution in [3.8, 4) is 0 Å². The Morgan fingerprint density at radius 3 is 1.92 bits per heavy atom. The minimum absolute atomic E-state index is 0.0118. The summed E-state index contributed by atoms with van der Waals surface area (Å²) in [5.74, 6) is -7.87. The average Bonchev–Trinajstić information content (AvgIpc) is 3.32. The van der Waals surface area contributed by atoms with Crippen molar-refractivity contribution in [2.75, 3.05) is 5.75 Å². The Morgan fingerprint density at radius 2 is 1.40 bits per heavy atom. The lowest BCUT2D eigenvalue weighted by Crippen LogP contribution is -2.63. The van der Waals surface area contributed by atoms with Crippen molar-refractivity contribution < 1.29 is 77.4 Å². The highest BCUT2D eigenvalue weighted by atomic mass is 32.2. The van der Waals surface area contributed by atoms with E-state index in [4.69, 9.17) is 14.2 Å². The number of rotatable bonds is 10. The van der Waals surface area contributed by atoms with Gasteiger partial charge in [0, 0.05) is 38.5 Å². The van der Waals surface area contributed by atoms with Crippen molar-refractivity contribution >= 4 is 34.0 Å². The number of hydrogen-bond acceptors (Lipinski definition) is 11. The number of halogens is 6. The molecule has 4 saturated carbocycles. The minimum Gasteiger partial charge on any atom is -0.748 e. The molecule has 4 rings (SSSR count). The monoisotopic (exact) mass is 777 g/mol. The van der Waals surface area contributed by atoms with E-state index < -0.39 is 87.7 Å². The zero-order valence-electron chi connectivity index (χ0n) is 29.9. The Labute approximate surface area is 298 Å². The lowest BCUT2D eigenvalue weighted by Gasteiger charge is -2.64. The number of carbonyl (C=O) groups is 4. The molecule has 0 bridgehead atoms. The molecule has 298 valence electrons. The van der Waals surface area contributed by atoms with Crippen LogP contribution in [0.4, 0.5) is 26.3 Å². The molecule has 0 N–H and O–H groups in total. The summed E-state index contributed by atoms with van der Waals surface area (Å²) >= 11 is 0. The van der Waals surface area contributed by atoms with Gasteiger partial charge >= 0.3 is 41.8 Å². The fraction of sp³-hybridized carbons (Fsp3) is 0.882. The maximum Gasteiger partial charge on any atom is 0.438 e. The van der Waals surface area contributed by atoms with E-state index in [2.05, 4.69) is 11.7 Å². The van der Waals surface area contributed by atoms with Crippen molar-refractivity contribution in [3.63, 3.8) is 0 Å². The van der Waals surface area contributed by atoms with E-state index in [1.54, 1.807) is 6.92 Å². The largest absolute Gasteiger partial charge is 0.748 e. The van der Waals surface area contributed by atoms with E-state index in [0.717, 1.165) is 0 Å². The van der Waals surface area contributed by atoms with Crippen molar-refractivity contribution in [2.45, 2.75) is 136 Å². The van der Waals surface area contributed by atoms with Gasteiger partial charge in [-0.05, 0) is 86.4 Å². The van der Waals surface area contributed by atoms with Gasteiger partial charge in [-0.15, -0.1) is 0 Å². The molecule has 11 nitrogen and oxygen atoms in total. The fourth-order valence-electron chi connectivity index (χ4n) is 10.6. The first-order valence-corrected chi connectivity index (χ1v) is 19.0. The number of fused-ring (bicyclic) bond motifs is 5. The Hall–Kier alpha value is -2.63. The van der Waals surface area contributed by atoms with E-state index in [9.17, 15) is 58.5 Å². The van der Waals surface area contributed by atoms with Gasteiger partial charge in [0.05, 0.1) is 15.9 Å². The second-order valence-electron chi connectivity index (χ2n) is 15.8. The van der Waals surface area contributed by atoms with Gasteiger partial charge in [0.15, 0.2) is 0 Å². The second kappa shape index (κ2) is 14.5. The first kappa shape index (κ1) is 42.1. The zero-order valence-corrected chi connectivity index (χ0v) is 30.8. The quantitative estimate of drug-likeness (QED) is 0.110. The summed E-state index contributed by atoms with van der Waals surface area (Å²) in [7, 11) is -6.18. The normalized spacial score (nSPS) is 35.6. The number of ether oxygens (including phenoxy) is 4.